The van der Waals surface area contributed by atoms with E-state index >= 15 is 0 Å². The summed E-state index contributed by atoms with van der Waals surface area (Å²) in [6.07, 6.45) is 0.335. The van der Waals surface area contributed by atoms with Crippen LogP contribution in [0.4, 0.5) is 0 Å². The molecule has 0 aliphatic carbocycles. The lowest BCUT2D eigenvalue weighted by molar-refractivity contribution is -0.134. The molecule has 26 heavy (non-hydrogen) atoms. The van der Waals surface area contributed by atoms with Crippen LogP contribution in [0.3, 0.4) is 0 Å². The zero-order chi connectivity index (χ0) is 18.4. The number of carbonyl (C=O) groups is 1. The summed E-state index contributed by atoms with van der Waals surface area (Å²) in [6, 6.07) is 26.8. The number of nitrogens with zero attached hydrogens (tertiary/aromatic N) is 1. The Morgan fingerprint density at radius 2 is 1.50 bits per heavy atom. The van der Waals surface area contributed by atoms with E-state index in [2.05, 4.69) is 6.07 Å². The van der Waals surface area contributed by atoms with E-state index in [0.29, 0.717) is 17.7 Å². The Hall–Kier alpha value is -3.38. The van der Waals surface area contributed by atoms with Gasteiger partial charge in [0, 0.05) is 0 Å². The van der Waals surface area contributed by atoms with Gasteiger partial charge in [-0.05, 0) is 46.9 Å². The maximum absolute atomic E-state index is 12.2. The van der Waals surface area contributed by atoms with E-state index in [1.165, 1.54) is 0 Å². The van der Waals surface area contributed by atoms with Gasteiger partial charge in [-0.25, -0.2) is 0 Å². The van der Waals surface area contributed by atoms with E-state index in [-0.39, 0.29) is 11.9 Å². The standard InChI is InChI=1S/C23H19NO2/c1-17(19-5-3-2-4-6-19)15-23(25)26-22-13-11-21(12-14-22)20-9-7-18(16-24)8-10-20/h2-14,17H,15H2,1H3/t17-/m0/s1. The van der Waals surface area contributed by atoms with Gasteiger partial charge in [0.25, 0.3) is 0 Å². The number of carbonyl (C=O) groups excluding carboxylic acids is 1. The molecule has 0 N–H and O–H groups in total. The third kappa shape index (κ3) is 4.37. The maximum Gasteiger partial charge on any atom is 0.311 e. The maximum atomic E-state index is 12.2. The molecule has 1 atom stereocenters. The average molecular weight is 341 g/mol. The van der Waals surface area contributed by atoms with Crippen molar-refractivity contribution in [2.24, 2.45) is 0 Å². The number of hydrogen-bond donors (Lipinski definition) is 0. The zero-order valence-corrected chi connectivity index (χ0v) is 14.6. The fourth-order valence-electron chi connectivity index (χ4n) is 2.78. The van der Waals surface area contributed by atoms with Crippen LogP contribution in [0, 0.1) is 11.3 Å². The molecular formula is C23H19NO2. The predicted octanol–water partition coefficient (Wildman–Crippen LogP) is 5.32. The highest BCUT2D eigenvalue weighted by atomic mass is 16.5. The molecule has 0 aliphatic rings. The molecule has 0 fully saturated rings. The molecular weight excluding hydrogens is 322 g/mol. The molecule has 0 radical (unpaired) electrons. The first-order chi connectivity index (χ1) is 12.7. The molecule has 3 heteroatoms. The summed E-state index contributed by atoms with van der Waals surface area (Å²) in [5.41, 5.74) is 3.78. The molecule has 0 unspecified atom stereocenters. The second-order valence-corrected chi connectivity index (χ2v) is 6.20. The largest absolute Gasteiger partial charge is 0.427 e. The second-order valence-electron chi connectivity index (χ2n) is 6.20. The van der Waals surface area contributed by atoms with Crippen molar-refractivity contribution in [3.63, 3.8) is 0 Å². The van der Waals surface area contributed by atoms with Gasteiger partial charge < -0.3 is 4.74 Å². The Morgan fingerprint density at radius 3 is 2.08 bits per heavy atom. The summed E-state index contributed by atoms with van der Waals surface area (Å²) in [7, 11) is 0. The molecule has 0 bridgehead atoms. The van der Waals surface area contributed by atoms with Crippen LogP contribution in [-0.4, -0.2) is 5.97 Å². The van der Waals surface area contributed by atoms with Gasteiger partial charge in [0.05, 0.1) is 18.1 Å². The van der Waals surface area contributed by atoms with Crippen molar-refractivity contribution in [3.8, 4) is 22.9 Å². The zero-order valence-electron chi connectivity index (χ0n) is 14.6. The van der Waals surface area contributed by atoms with E-state index in [4.69, 9.17) is 10.00 Å². The Labute approximate surface area is 153 Å². The Balaban J connectivity index is 1.61. The molecule has 0 heterocycles. The summed E-state index contributed by atoms with van der Waals surface area (Å²) in [5, 5.41) is 8.86. The van der Waals surface area contributed by atoms with Crippen molar-refractivity contribution in [1.29, 1.82) is 5.26 Å². The average Bonchev–Trinajstić information content (AvgIpc) is 2.69. The third-order valence-electron chi connectivity index (χ3n) is 4.27. The number of hydrogen-bond acceptors (Lipinski definition) is 3. The van der Waals surface area contributed by atoms with Crippen LogP contribution in [-0.2, 0) is 4.79 Å². The highest BCUT2D eigenvalue weighted by molar-refractivity contribution is 5.74. The van der Waals surface area contributed by atoms with Crippen LogP contribution in [0.5, 0.6) is 5.75 Å². The van der Waals surface area contributed by atoms with Gasteiger partial charge in [-0.15, -0.1) is 0 Å². The summed E-state index contributed by atoms with van der Waals surface area (Å²) < 4.78 is 5.45. The van der Waals surface area contributed by atoms with Crippen molar-refractivity contribution < 1.29 is 9.53 Å². The fourth-order valence-corrected chi connectivity index (χ4v) is 2.78. The normalized spacial score (nSPS) is 11.4. The molecule has 0 aliphatic heterocycles. The van der Waals surface area contributed by atoms with Crippen LogP contribution >= 0.6 is 0 Å². The molecule has 0 spiro atoms. The highest BCUT2D eigenvalue weighted by Gasteiger charge is 2.13. The Morgan fingerprint density at radius 1 is 0.923 bits per heavy atom. The molecule has 0 aromatic heterocycles. The van der Waals surface area contributed by atoms with Gasteiger partial charge in [-0.2, -0.15) is 5.26 Å². The van der Waals surface area contributed by atoms with E-state index < -0.39 is 0 Å². The van der Waals surface area contributed by atoms with E-state index in [1.54, 1.807) is 24.3 Å². The fraction of sp³-hybridized carbons (Fsp3) is 0.130. The summed E-state index contributed by atoms with van der Waals surface area (Å²) in [4.78, 5) is 12.2. The molecule has 3 rings (SSSR count). The van der Waals surface area contributed by atoms with Crippen LogP contribution in [0.25, 0.3) is 11.1 Å². The lowest BCUT2D eigenvalue weighted by Gasteiger charge is -2.11. The van der Waals surface area contributed by atoms with Crippen molar-refractivity contribution in [2.45, 2.75) is 19.3 Å². The van der Waals surface area contributed by atoms with E-state index in [1.807, 2.05) is 61.5 Å². The van der Waals surface area contributed by atoms with Gasteiger partial charge in [0.15, 0.2) is 0 Å². The van der Waals surface area contributed by atoms with Crippen molar-refractivity contribution in [3.05, 3.63) is 90.0 Å². The van der Waals surface area contributed by atoms with Gasteiger partial charge in [-0.1, -0.05) is 61.5 Å². The number of rotatable bonds is 5. The first kappa shape index (κ1) is 17.4. The monoisotopic (exact) mass is 341 g/mol. The van der Waals surface area contributed by atoms with Crippen LogP contribution in [0.2, 0.25) is 0 Å². The molecule has 3 aromatic carbocycles. The summed E-state index contributed by atoms with van der Waals surface area (Å²) in [6.45, 7) is 2.02. The van der Waals surface area contributed by atoms with Crippen LogP contribution < -0.4 is 4.74 Å². The molecule has 3 nitrogen and oxygen atoms in total. The van der Waals surface area contributed by atoms with Crippen molar-refractivity contribution >= 4 is 5.97 Å². The van der Waals surface area contributed by atoms with Gasteiger partial charge >= 0.3 is 5.97 Å². The minimum absolute atomic E-state index is 0.113. The van der Waals surface area contributed by atoms with Crippen molar-refractivity contribution in [1.82, 2.24) is 0 Å². The third-order valence-corrected chi connectivity index (χ3v) is 4.27. The Kier molecular flexibility index (Phi) is 5.46. The first-order valence-electron chi connectivity index (χ1n) is 8.52. The quantitative estimate of drug-likeness (QED) is 0.466. The minimum Gasteiger partial charge on any atom is -0.427 e. The lowest BCUT2D eigenvalue weighted by Crippen LogP contribution is -2.11. The number of benzene rings is 3. The molecule has 0 saturated carbocycles. The van der Waals surface area contributed by atoms with Crippen LogP contribution in [0.15, 0.2) is 78.9 Å². The topological polar surface area (TPSA) is 50.1 Å². The number of nitriles is 1. The second kappa shape index (κ2) is 8.13. The highest BCUT2D eigenvalue weighted by Crippen LogP contribution is 2.24. The molecule has 128 valence electrons. The SMILES string of the molecule is C[C@@H](CC(=O)Oc1ccc(-c2ccc(C#N)cc2)cc1)c1ccccc1. The smallest absolute Gasteiger partial charge is 0.311 e. The minimum atomic E-state index is -0.243. The van der Waals surface area contributed by atoms with Crippen LogP contribution in [0.1, 0.15) is 30.4 Å². The Bertz CT molecular complexity index is 907. The summed E-state index contributed by atoms with van der Waals surface area (Å²) in [5.74, 6) is 0.404. The lowest BCUT2D eigenvalue weighted by atomic mass is 9.98. The van der Waals surface area contributed by atoms with Gasteiger partial charge in [-0.3, -0.25) is 4.79 Å². The van der Waals surface area contributed by atoms with Gasteiger partial charge in [0.2, 0.25) is 0 Å². The molecule has 0 saturated heterocycles. The van der Waals surface area contributed by atoms with Crippen molar-refractivity contribution in [2.75, 3.05) is 0 Å². The first-order valence-corrected chi connectivity index (χ1v) is 8.52. The van der Waals surface area contributed by atoms with Gasteiger partial charge in [0.1, 0.15) is 5.75 Å². The number of ether oxygens (including phenoxy) is 1. The van der Waals surface area contributed by atoms with E-state index in [0.717, 1.165) is 16.7 Å². The predicted molar refractivity (Wildman–Crippen MR) is 102 cm³/mol. The summed E-state index contributed by atoms with van der Waals surface area (Å²) >= 11 is 0. The van der Waals surface area contributed by atoms with E-state index in [9.17, 15) is 4.79 Å². The number of esters is 1. The molecule has 0 amide bonds. The molecule has 3 aromatic rings.